The molecule has 0 aromatic heterocycles. The van der Waals surface area contributed by atoms with Crippen LogP contribution in [0.4, 0.5) is 0 Å². The van der Waals surface area contributed by atoms with Gasteiger partial charge in [0.15, 0.2) is 0 Å². The summed E-state index contributed by atoms with van der Waals surface area (Å²) in [5.41, 5.74) is 0.243. The van der Waals surface area contributed by atoms with Crippen LogP contribution in [0.25, 0.3) is 0 Å². The molecule has 2 aliphatic carbocycles. The van der Waals surface area contributed by atoms with Crippen LogP contribution in [0.1, 0.15) is 41.5 Å². The van der Waals surface area contributed by atoms with Gasteiger partial charge in [-0.2, -0.15) is 0 Å². The SMILES string of the molecule is C[C@@H]1[C@H](C)[C@]2(C)[C@@]3(C)C(=O)N[C@]1(C)[C@@]32C. The fourth-order valence-electron chi connectivity index (χ4n) is 5.65. The van der Waals surface area contributed by atoms with Gasteiger partial charge in [-0.1, -0.05) is 27.7 Å². The molecule has 0 unspecified atom stereocenters. The van der Waals surface area contributed by atoms with Crippen molar-refractivity contribution >= 4 is 5.91 Å². The number of fused-ring (bicyclic) bond motifs is 1. The normalized spacial score (nSPS) is 70.4. The van der Waals surface area contributed by atoms with Crippen molar-refractivity contribution in [2.24, 2.45) is 28.1 Å². The van der Waals surface area contributed by atoms with E-state index >= 15 is 0 Å². The predicted octanol–water partition coefficient (Wildman–Crippen LogP) is 2.19. The number of carbonyl (C=O) groups is 1. The van der Waals surface area contributed by atoms with Crippen LogP contribution in [0.15, 0.2) is 0 Å². The molecular formula is C13H21NO. The molecule has 0 aromatic rings. The van der Waals surface area contributed by atoms with Gasteiger partial charge in [-0.05, 0) is 31.1 Å². The van der Waals surface area contributed by atoms with Crippen molar-refractivity contribution in [1.29, 1.82) is 0 Å². The van der Waals surface area contributed by atoms with Gasteiger partial charge in [-0.25, -0.2) is 0 Å². The quantitative estimate of drug-likeness (QED) is 0.648. The third kappa shape index (κ3) is 0.485. The Morgan fingerprint density at radius 1 is 1.07 bits per heavy atom. The van der Waals surface area contributed by atoms with Crippen molar-refractivity contribution in [3.63, 3.8) is 0 Å². The van der Waals surface area contributed by atoms with Crippen molar-refractivity contribution < 1.29 is 4.79 Å². The van der Waals surface area contributed by atoms with Gasteiger partial charge in [-0.15, -0.1) is 0 Å². The lowest BCUT2D eigenvalue weighted by Crippen LogP contribution is -2.49. The molecule has 0 spiro atoms. The zero-order valence-corrected chi connectivity index (χ0v) is 10.6. The molecule has 2 heteroatoms. The maximum Gasteiger partial charge on any atom is 0.227 e. The van der Waals surface area contributed by atoms with Crippen LogP contribution < -0.4 is 5.32 Å². The smallest absolute Gasteiger partial charge is 0.227 e. The minimum absolute atomic E-state index is 0.00694. The molecule has 2 saturated carbocycles. The van der Waals surface area contributed by atoms with Gasteiger partial charge in [0, 0.05) is 11.0 Å². The highest BCUT2D eigenvalue weighted by molar-refractivity contribution is 5.95. The van der Waals surface area contributed by atoms with Gasteiger partial charge in [-0.3, -0.25) is 4.79 Å². The predicted molar refractivity (Wildman–Crippen MR) is 59.2 cm³/mol. The molecule has 84 valence electrons. The van der Waals surface area contributed by atoms with Crippen molar-refractivity contribution in [1.82, 2.24) is 5.32 Å². The van der Waals surface area contributed by atoms with Gasteiger partial charge < -0.3 is 5.32 Å². The Balaban J connectivity index is 2.29. The van der Waals surface area contributed by atoms with E-state index in [9.17, 15) is 4.79 Å². The molecule has 0 aromatic carbocycles. The summed E-state index contributed by atoms with van der Waals surface area (Å²) in [7, 11) is 0. The molecular weight excluding hydrogens is 186 g/mol. The molecule has 1 amide bonds. The molecule has 1 saturated heterocycles. The lowest BCUT2D eigenvalue weighted by molar-refractivity contribution is -0.126. The van der Waals surface area contributed by atoms with Crippen LogP contribution in [-0.2, 0) is 4.79 Å². The van der Waals surface area contributed by atoms with E-state index in [1.807, 2.05) is 0 Å². The van der Waals surface area contributed by atoms with Gasteiger partial charge >= 0.3 is 0 Å². The Morgan fingerprint density at radius 2 is 1.60 bits per heavy atom. The Morgan fingerprint density at radius 3 is 2.00 bits per heavy atom. The van der Waals surface area contributed by atoms with Crippen molar-refractivity contribution in [2.75, 3.05) is 0 Å². The van der Waals surface area contributed by atoms with Crippen LogP contribution in [0, 0.1) is 28.1 Å². The van der Waals surface area contributed by atoms with Gasteiger partial charge in [0.25, 0.3) is 0 Å². The fourth-order valence-corrected chi connectivity index (χ4v) is 5.65. The maximum absolute atomic E-state index is 12.2. The van der Waals surface area contributed by atoms with E-state index in [2.05, 4.69) is 46.9 Å². The first kappa shape index (κ1) is 9.68. The molecule has 3 rings (SSSR count). The average molecular weight is 207 g/mol. The van der Waals surface area contributed by atoms with Crippen molar-refractivity contribution in [2.45, 2.75) is 47.1 Å². The maximum atomic E-state index is 12.2. The largest absolute Gasteiger partial charge is 0.350 e. The lowest BCUT2D eigenvalue weighted by atomic mass is 9.73. The zero-order chi connectivity index (χ0) is 11.4. The van der Waals surface area contributed by atoms with Crippen LogP contribution >= 0.6 is 0 Å². The molecule has 0 radical (unpaired) electrons. The van der Waals surface area contributed by atoms with E-state index in [-0.39, 0.29) is 27.7 Å². The summed E-state index contributed by atoms with van der Waals surface area (Å²) >= 11 is 0. The molecule has 1 heterocycles. The number of rotatable bonds is 0. The van der Waals surface area contributed by atoms with Crippen LogP contribution in [0.5, 0.6) is 0 Å². The molecule has 3 fully saturated rings. The van der Waals surface area contributed by atoms with Gasteiger partial charge in [0.2, 0.25) is 5.91 Å². The number of carbonyl (C=O) groups excluding carboxylic acids is 1. The number of nitrogens with one attached hydrogen (secondary N) is 1. The summed E-state index contributed by atoms with van der Waals surface area (Å²) in [4.78, 5) is 12.2. The number of hydrogen-bond acceptors (Lipinski definition) is 1. The van der Waals surface area contributed by atoms with Gasteiger partial charge in [0.1, 0.15) is 0 Å². The minimum Gasteiger partial charge on any atom is -0.350 e. The molecule has 1 aliphatic heterocycles. The third-order valence-electron chi connectivity index (χ3n) is 7.45. The second kappa shape index (κ2) is 1.87. The van der Waals surface area contributed by atoms with Crippen LogP contribution in [-0.4, -0.2) is 11.4 Å². The Kier molecular flexibility index (Phi) is 1.21. The molecule has 6 atom stereocenters. The highest BCUT2D eigenvalue weighted by Gasteiger charge is 2.97. The van der Waals surface area contributed by atoms with E-state index < -0.39 is 0 Å². The highest BCUT2D eigenvalue weighted by Crippen LogP contribution is 2.92. The van der Waals surface area contributed by atoms with E-state index in [4.69, 9.17) is 0 Å². The number of amides is 1. The molecule has 2 nitrogen and oxygen atoms in total. The molecule has 15 heavy (non-hydrogen) atoms. The first-order chi connectivity index (χ1) is 6.69. The zero-order valence-electron chi connectivity index (χ0n) is 10.6. The van der Waals surface area contributed by atoms with E-state index in [1.54, 1.807) is 0 Å². The second-order valence-electron chi connectivity index (χ2n) is 6.69. The Bertz CT molecular complexity index is 386. The van der Waals surface area contributed by atoms with E-state index in [0.717, 1.165) is 0 Å². The minimum atomic E-state index is -0.124. The highest BCUT2D eigenvalue weighted by atomic mass is 16.2. The standard InChI is InChI=1S/C13H21NO/c1-7-8(2)12(5)13(6)10(7,3)11(13,4)9(15)14-12/h7-8H,1-6H3,(H,14,15)/t7-,8+,10+,11+,12-,13+/m0/s1. The topological polar surface area (TPSA) is 29.1 Å². The van der Waals surface area contributed by atoms with E-state index in [0.29, 0.717) is 11.8 Å². The van der Waals surface area contributed by atoms with Crippen LogP contribution in [0.2, 0.25) is 0 Å². The monoisotopic (exact) mass is 207 g/mol. The Hall–Kier alpha value is -0.530. The lowest BCUT2D eigenvalue weighted by Gasteiger charge is -2.35. The average Bonchev–Trinajstić information content (AvgIpc) is 2.48. The fraction of sp³-hybridized carbons (Fsp3) is 0.923. The summed E-state index contributed by atoms with van der Waals surface area (Å²) in [6, 6.07) is 0. The first-order valence-corrected chi connectivity index (χ1v) is 6.02. The molecule has 1 N–H and O–H groups in total. The number of hydrogen-bond donors (Lipinski definition) is 1. The third-order valence-corrected chi connectivity index (χ3v) is 7.45. The number of piperidine rings is 1. The molecule has 3 aliphatic rings. The van der Waals surface area contributed by atoms with Gasteiger partial charge in [0.05, 0.1) is 5.41 Å². The summed E-state index contributed by atoms with van der Waals surface area (Å²) in [5, 5.41) is 3.27. The Labute approximate surface area is 91.8 Å². The molecule has 0 bridgehead atoms. The van der Waals surface area contributed by atoms with E-state index in [1.165, 1.54) is 0 Å². The van der Waals surface area contributed by atoms with Crippen molar-refractivity contribution in [3.05, 3.63) is 0 Å². The summed E-state index contributed by atoms with van der Waals surface area (Å²) < 4.78 is 0. The summed E-state index contributed by atoms with van der Waals surface area (Å²) in [6.07, 6.45) is 0. The summed E-state index contributed by atoms with van der Waals surface area (Å²) in [5.74, 6) is 1.48. The summed E-state index contributed by atoms with van der Waals surface area (Å²) in [6.45, 7) is 13.6. The van der Waals surface area contributed by atoms with Crippen LogP contribution in [0.3, 0.4) is 0 Å². The second-order valence-corrected chi connectivity index (χ2v) is 6.69. The van der Waals surface area contributed by atoms with Crippen molar-refractivity contribution in [3.8, 4) is 0 Å². The first-order valence-electron chi connectivity index (χ1n) is 6.02.